The van der Waals surface area contributed by atoms with Crippen LogP contribution in [0.3, 0.4) is 0 Å². The van der Waals surface area contributed by atoms with E-state index in [0.717, 1.165) is 48.8 Å². The van der Waals surface area contributed by atoms with Crippen LogP contribution in [-0.4, -0.2) is 34.5 Å². The van der Waals surface area contributed by atoms with Crippen molar-refractivity contribution in [2.45, 2.75) is 76.8 Å². The number of fused-ring (bicyclic) bond motifs is 1. The summed E-state index contributed by atoms with van der Waals surface area (Å²) in [4.78, 5) is 43.0. The molecule has 2 heterocycles. The quantitative estimate of drug-likeness (QED) is 0.461. The second-order valence-electron chi connectivity index (χ2n) is 11.1. The molecular formula is C32H38N2O4. The summed E-state index contributed by atoms with van der Waals surface area (Å²) in [6.07, 6.45) is 10.8. The van der Waals surface area contributed by atoms with Crippen LogP contribution in [0.15, 0.2) is 54.6 Å². The topological polar surface area (TPSA) is 86.7 Å². The highest BCUT2D eigenvalue weighted by Crippen LogP contribution is 2.49. The number of nitrogens with zero attached hydrogens (tertiary/aromatic N) is 1. The first-order chi connectivity index (χ1) is 18.4. The highest BCUT2D eigenvalue weighted by molar-refractivity contribution is 6.25. The number of aliphatic carboxylic acids is 1. The third kappa shape index (κ3) is 4.49. The molecule has 0 spiro atoms. The van der Waals surface area contributed by atoms with E-state index in [1.165, 1.54) is 4.90 Å². The number of hydrogen-bond acceptors (Lipinski definition) is 4. The number of nitrogens with one attached hydrogen (secondary N) is 1. The Morgan fingerprint density at radius 2 is 1.63 bits per heavy atom. The van der Waals surface area contributed by atoms with Crippen molar-refractivity contribution in [1.82, 2.24) is 5.32 Å². The number of benzene rings is 2. The fourth-order valence-electron chi connectivity index (χ4n) is 7.03. The van der Waals surface area contributed by atoms with Gasteiger partial charge < -0.3 is 5.11 Å². The summed E-state index contributed by atoms with van der Waals surface area (Å²) in [6, 6.07) is 15.1. The van der Waals surface area contributed by atoms with Crippen molar-refractivity contribution in [3.05, 3.63) is 71.3 Å². The largest absolute Gasteiger partial charge is 0.480 e. The summed E-state index contributed by atoms with van der Waals surface area (Å²) < 4.78 is 0. The van der Waals surface area contributed by atoms with Crippen molar-refractivity contribution in [2.75, 3.05) is 4.90 Å². The zero-order chi connectivity index (χ0) is 26.9. The molecule has 1 saturated carbocycles. The van der Waals surface area contributed by atoms with E-state index < -0.39 is 29.4 Å². The molecule has 2 saturated heterocycles. The highest BCUT2D eigenvalue weighted by atomic mass is 16.4. The van der Waals surface area contributed by atoms with E-state index >= 15 is 0 Å². The molecule has 6 nitrogen and oxygen atoms in total. The van der Waals surface area contributed by atoms with Gasteiger partial charge in [-0.1, -0.05) is 107 Å². The SMILES string of the molecule is CCc1cccc(CC)c1N1C(=O)C2C(C=Cc3ccccc3)NC(CC3CCCCC3)(C(=O)O)C2C1=O. The first kappa shape index (κ1) is 26.4. The van der Waals surface area contributed by atoms with E-state index in [-0.39, 0.29) is 17.7 Å². The van der Waals surface area contributed by atoms with E-state index in [9.17, 15) is 19.5 Å². The molecule has 2 amide bonds. The Hall–Kier alpha value is -3.25. The van der Waals surface area contributed by atoms with Crippen LogP contribution in [0.5, 0.6) is 0 Å². The van der Waals surface area contributed by atoms with Gasteiger partial charge in [0.25, 0.3) is 0 Å². The summed E-state index contributed by atoms with van der Waals surface area (Å²) in [7, 11) is 0. The first-order valence-corrected chi connectivity index (χ1v) is 14.1. The number of carbonyl (C=O) groups excluding carboxylic acids is 2. The first-order valence-electron chi connectivity index (χ1n) is 14.1. The van der Waals surface area contributed by atoms with E-state index in [0.29, 0.717) is 24.9 Å². The molecule has 200 valence electrons. The molecular weight excluding hydrogens is 476 g/mol. The summed E-state index contributed by atoms with van der Waals surface area (Å²) in [5.41, 5.74) is 2.01. The van der Waals surface area contributed by atoms with Crippen LogP contribution in [0.2, 0.25) is 0 Å². The van der Waals surface area contributed by atoms with Gasteiger partial charge in [0.15, 0.2) is 0 Å². The van der Waals surface area contributed by atoms with Crippen LogP contribution in [0.1, 0.15) is 69.1 Å². The van der Waals surface area contributed by atoms with Crippen molar-refractivity contribution in [1.29, 1.82) is 0 Å². The zero-order valence-electron chi connectivity index (χ0n) is 22.4. The number of rotatable bonds is 8. The normalized spacial score (nSPS) is 27.8. The van der Waals surface area contributed by atoms with E-state index in [1.54, 1.807) is 0 Å². The van der Waals surface area contributed by atoms with Crippen molar-refractivity contribution >= 4 is 29.5 Å². The Balaban J connectivity index is 1.61. The van der Waals surface area contributed by atoms with Gasteiger partial charge in [-0.3, -0.25) is 19.7 Å². The minimum atomic E-state index is -1.48. The van der Waals surface area contributed by atoms with Gasteiger partial charge in [-0.2, -0.15) is 0 Å². The molecule has 2 aromatic rings. The number of aryl methyl sites for hydroxylation is 2. The number of carboxylic acid groups (broad SMARTS) is 1. The van der Waals surface area contributed by atoms with Gasteiger partial charge in [0.2, 0.25) is 11.8 Å². The highest BCUT2D eigenvalue weighted by Gasteiger charge is 2.68. The molecule has 2 N–H and O–H groups in total. The molecule has 38 heavy (non-hydrogen) atoms. The molecule has 2 aromatic carbocycles. The molecule has 0 bridgehead atoms. The van der Waals surface area contributed by atoms with E-state index in [4.69, 9.17) is 0 Å². The maximum Gasteiger partial charge on any atom is 0.324 e. The van der Waals surface area contributed by atoms with Gasteiger partial charge in [0, 0.05) is 6.04 Å². The molecule has 3 aliphatic rings. The molecule has 0 radical (unpaired) electrons. The number of anilines is 1. The van der Waals surface area contributed by atoms with Crippen molar-refractivity contribution in [3.8, 4) is 0 Å². The average Bonchev–Trinajstić information content (AvgIpc) is 3.41. The van der Waals surface area contributed by atoms with E-state index in [1.807, 2.05) is 74.5 Å². The number of carboxylic acids is 1. The predicted octanol–water partition coefficient (Wildman–Crippen LogP) is 5.40. The minimum absolute atomic E-state index is 0.218. The average molecular weight is 515 g/mol. The standard InChI is InChI=1S/C32H38N2O4/c1-3-23-16-11-17-24(4-2)28(23)34-29(35)26-25(19-18-21-12-7-5-8-13-21)33-32(31(37)38,27(26)30(34)36)20-22-14-9-6-10-15-22/h5,7-8,11-13,16-19,22,25-27,33H,3-4,6,9-10,14-15,20H2,1-2H3,(H,37,38). The predicted molar refractivity (Wildman–Crippen MR) is 149 cm³/mol. The molecule has 3 fully saturated rings. The Morgan fingerprint density at radius 3 is 2.24 bits per heavy atom. The molecule has 5 rings (SSSR count). The van der Waals surface area contributed by atoms with Gasteiger partial charge in [0.05, 0.1) is 17.5 Å². The molecule has 4 atom stereocenters. The molecule has 1 aliphatic carbocycles. The lowest BCUT2D eigenvalue weighted by Gasteiger charge is -2.35. The summed E-state index contributed by atoms with van der Waals surface area (Å²) in [5.74, 6) is -3.20. The molecule has 2 aliphatic heterocycles. The number of amides is 2. The third-order valence-electron chi connectivity index (χ3n) is 8.89. The minimum Gasteiger partial charge on any atom is -0.480 e. The van der Waals surface area contributed by atoms with Gasteiger partial charge in [-0.15, -0.1) is 0 Å². The summed E-state index contributed by atoms with van der Waals surface area (Å²) in [5, 5.41) is 14.1. The van der Waals surface area contributed by atoms with E-state index in [2.05, 4.69) is 5.32 Å². The Morgan fingerprint density at radius 1 is 0.974 bits per heavy atom. The van der Waals surface area contributed by atoms with Crippen LogP contribution >= 0.6 is 0 Å². The Labute approximate surface area is 225 Å². The Bertz CT molecular complexity index is 1210. The van der Waals surface area contributed by atoms with Gasteiger partial charge in [-0.25, -0.2) is 4.90 Å². The number of hydrogen-bond donors (Lipinski definition) is 2. The van der Waals surface area contributed by atoms with Gasteiger partial charge >= 0.3 is 5.97 Å². The second-order valence-corrected chi connectivity index (χ2v) is 11.1. The fraction of sp³-hybridized carbons (Fsp3) is 0.469. The number of imide groups is 1. The number of carbonyl (C=O) groups is 3. The van der Waals surface area contributed by atoms with Gasteiger partial charge in [0.1, 0.15) is 5.54 Å². The third-order valence-corrected chi connectivity index (χ3v) is 8.89. The zero-order valence-corrected chi connectivity index (χ0v) is 22.4. The van der Waals surface area contributed by atoms with Crippen LogP contribution in [0, 0.1) is 17.8 Å². The lowest BCUT2D eigenvalue weighted by molar-refractivity contribution is -0.150. The molecule has 4 unspecified atom stereocenters. The van der Waals surface area contributed by atoms with Crippen molar-refractivity contribution < 1.29 is 19.5 Å². The van der Waals surface area contributed by atoms with Crippen LogP contribution in [0.25, 0.3) is 6.08 Å². The van der Waals surface area contributed by atoms with Crippen molar-refractivity contribution in [2.24, 2.45) is 17.8 Å². The lowest BCUT2D eigenvalue weighted by Crippen LogP contribution is -2.57. The summed E-state index contributed by atoms with van der Waals surface area (Å²) >= 11 is 0. The van der Waals surface area contributed by atoms with Crippen LogP contribution in [0.4, 0.5) is 5.69 Å². The summed E-state index contributed by atoms with van der Waals surface area (Å²) in [6.45, 7) is 4.03. The smallest absolute Gasteiger partial charge is 0.324 e. The van der Waals surface area contributed by atoms with Crippen molar-refractivity contribution in [3.63, 3.8) is 0 Å². The molecule has 6 heteroatoms. The van der Waals surface area contributed by atoms with Crippen LogP contribution in [-0.2, 0) is 27.2 Å². The monoisotopic (exact) mass is 514 g/mol. The maximum atomic E-state index is 14.3. The molecule has 0 aromatic heterocycles. The maximum absolute atomic E-state index is 14.3. The van der Waals surface area contributed by atoms with Gasteiger partial charge in [-0.05, 0) is 41.9 Å². The second kappa shape index (κ2) is 10.9. The number of para-hydroxylation sites is 1. The van der Waals surface area contributed by atoms with Crippen LogP contribution < -0.4 is 10.2 Å². The Kier molecular flexibility index (Phi) is 7.53. The fourth-order valence-corrected chi connectivity index (χ4v) is 7.03. The lowest BCUT2D eigenvalue weighted by atomic mass is 9.72.